The van der Waals surface area contributed by atoms with Crippen LogP contribution in [0.4, 0.5) is 4.79 Å². The van der Waals surface area contributed by atoms with Crippen molar-refractivity contribution in [3.63, 3.8) is 0 Å². The fourth-order valence-electron chi connectivity index (χ4n) is 4.46. The van der Waals surface area contributed by atoms with E-state index in [-0.39, 0.29) is 25.0 Å². The molecule has 47 heavy (non-hydrogen) atoms. The number of ether oxygens (including phenoxy) is 2. The van der Waals surface area contributed by atoms with Gasteiger partial charge in [-0.3, -0.25) is 28.9 Å². The highest BCUT2D eigenvalue weighted by Crippen LogP contribution is 2.19. The van der Waals surface area contributed by atoms with Gasteiger partial charge in [0.15, 0.2) is 0 Å². The van der Waals surface area contributed by atoms with E-state index in [1.54, 1.807) is 51.1 Å². The Labute approximate surface area is 280 Å². The Morgan fingerprint density at radius 2 is 1.60 bits per heavy atom. The van der Waals surface area contributed by atoms with Crippen molar-refractivity contribution >= 4 is 47.5 Å². The maximum atomic E-state index is 13.2. The lowest BCUT2D eigenvalue weighted by Crippen LogP contribution is -2.53. The van der Waals surface area contributed by atoms with E-state index in [0.717, 1.165) is 11.3 Å². The SMILES string of the molecule is CC(C)CSC[C@H](NC(=O)CCC1OCCCN1C(=O)OC(C)(C)C)C(=O)NCC(=O)N[C@@H](Cc1ccccc1)C(=O)NCC(=O)O. The van der Waals surface area contributed by atoms with Gasteiger partial charge in [-0.2, -0.15) is 11.8 Å². The molecule has 1 aromatic rings. The second-order valence-electron chi connectivity index (χ2n) is 12.6. The van der Waals surface area contributed by atoms with Crippen LogP contribution in [0.2, 0.25) is 0 Å². The highest BCUT2D eigenvalue weighted by Gasteiger charge is 2.32. The molecule has 15 heteroatoms. The predicted molar refractivity (Wildman–Crippen MR) is 176 cm³/mol. The van der Waals surface area contributed by atoms with Crippen LogP contribution in [0.15, 0.2) is 30.3 Å². The number of amides is 5. The van der Waals surface area contributed by atoms with Crippen LogP contribution in [0.5, 0.6) is 0 Å². The van der Waals surface area contributed by atoms with Crippen molar-refractivity contribution in [3.05, 3.63) is 35.9 Å². The number of rotatable bonds is 17. The number of benzene rings is 1. The summed E-state index contributed by atoms with van der Waals surface area (Å²) < 4.78 is 11.2. The lowest BCUT2D eigenvalue weighted by Gasteiger charge is -2.36. The Morgan fingerprint density at radius 3 is 2.23 bits per heavy atom. The zero-order valence-electron chi connectivity index (χ0n) is 27.8. The lowest BCUT2D eigenvalue weighted by molar-refractivity contribution is -0.138. The van der Waals surface area contributed by atoms with E-state index >= 15 is 0 Å². The number of aliphatic carboxylic acids is 1. The van der Waals surface area contributed by atoms with Crippen molar-refractivity contribution in [3.8, 4) is 0 Å². The fourth-order valence-corrected chi connectivity index (χ4v) is 5.54. The molecule has 5 N–H and O–H groups in total. The Morgan fingerprint density at radius 1 is 0.957 bits per heavy atom. The van der Waals surface area contributed by atoms with E-state index in [4.69, 9.17) is 14.6 Å². The normalized spacial score (nSPS) is 16.0. The first-order valence-corrected chi connectivity index (χ1v) is 16.9. The second-order valence-corrected chi connectivity index (χ2v) is 13.7. The van der Waals surface area contributed by atoms with Crippen molar-refractivity contribution < 1.29 is 43.3 Å². The molecule has 5 amide bonds. The van der Waals surface area contributed by atoms with Gasteiger partial charge in [-0.25, -0.2) is 4.79 Å². The Hall–Kier alpha value is -3.85. The molecule has 1 aliphatic rings. The molecule has 1 saturated heterocycles. The van der Waals surface area contributed by atoms with Crippen LogP contribution in [-0.2, 0) is 39.9 Å². The van der Waals surface area contributed by atoms with E-state index in [0.29, 0.717) is 25.5 Å². The molecule has 1 heterocycles. The van der Waals surface area contributed by atoms with Gasteiger partial charge in [-0.15, -0.1) is 0 Å². The van der Waals surface area contributed by atoms with Gasteiger partial charge in [0.05, 0.1) is 13.2 Å². The third kappa shape index (κ3) is 16.0. The largest absolute Gasteiger partial charge is 0.480 e. The van der Waals surface area contributed by atoms with Crippen LogP contribution in [0.1, 0.15) is 59.4 Å². The molecule has 2 rings (SSSR count). The summed E-state index contributed by atoms with van der Waals surface area (Å²) in [5, 5.41) is 19.0. The molecule has 0 radical (unpaired) electrons. The van der Waals surface area contributed by atoms with Gasteiger partial charge in [-0.1, -0.05) is 44.2 Å². The third-order valence-electron chi connectivity index (χ3n) is 6.61. The molecule has 14 nitrogen and oxygen atoms in total. The van der Waals surface area contributed by atoms with E-state index in [1.807, 2.05) is 13.8 Å². The zero-order chi connectivity index (χ0) is 35.0. The molecule has 0 aliphatic carbocycles. The van der Waals surface area contributed by atoms with E-state index < -0.39 is 72.7 Å². The fraction of sp³-hybridized carbons (Fsp3) is 0.625. The molecule has 0 saturated carbocycles. The van der Waals surface area contributed by atoms with Crippen molar-refractivity contribution in [1.29, 1.82) is 0 Å². The van der Waals surface area contributed by atoms with Crippen LogP contribution in [-0.4, -0.2) is 107 Å². The average molecular weight is 680 g/mol. The van der Waals surface area contributed by atoms with E-state index in [9.17, 15) is 28.8 Å². The molecule has 1 aromatic carbocycles. The predicted octanol–water partition coefficient (Wildman–Crippen LogP) is 1.67. The smallest absolute Gasteiger partial charge is 0.412 e. The number of carboxylic acid groups (broad SMARTS) is 1. The monoisotopic (exact) mass is 679 g/mol. The topological polar surface area (TPSA) is 192 Å². The van der Waals surface area contributed by atoms with Crippen LogP contribution in [0.25, 0.3) is 0 Å². The van der Waals surface area contributed by atoms with Gasteiger partial charge >= 0.3 is 12.1 Å². The summed E-state index contributed by atoms with van der Waals surface area (Å²) in [5.41, 5.74) is 0.0575. The summed E-state index contributed by atoms with van der Waals surface area (Å²) in [6.07, 6.45) is -0.235. The number of nitrogens with zero attached hydrogens (tertiary/aromatic N) is 1. The summed E-state index contributed by atoms with van der Waals surface area (Å²) in [6, 6.07) is 6.84. The molecule has 262 valence electrons. The van der Waals surface area contributed by atoms with E-state index in [1.165, 1.54) is 16.7 Å². The number of carbonyl (C=O) groups is 6. The van der Waals surface area contributed by atoms with Crippen molar-refractivity contribution in [2.75, 3.05) is 37.7 Å². The van der Waals surface area contributed by atoms with Crippen molar-refractivity contribution in [2.24, 2.45) is 5.92 Å². The molecule has 3 atom stereocenters. The minimum Gasteiger partial charge on any atom is -0.480 e. The van der Waals surface area contributed by atoms with Crippen LogP contribution >= 0.6 is 11.8 Å². The molecule has 1 fully saturated rings. The van der Waals surface area contributed by atoms with Gasteiger partial charge in [0.2, 0.25) is 23.6 Å². The summed E-state index contributed by atoms with van der Waals surface area (Å²) in [7, 11) is 0. The third-order valence-corrected chi connectivity index (χ3v) is 8.08. The molecular weight excluding hydrogens is 630 g/mol. The minimum absolute atomic E-state index is 0.0182. The van der Waals surface area contributed by atoms with E-state index in [2.05, 4.69) is 21.3 Å². The first-order valence-electron chi connectivity index (χ1n) is 15.7. The summed E-state index contributed by atoms with van der Waals surface area (Å²) in [5.74, 6) is -2.23. The Kier molecular flexibility index (Phi) is 16.5. The highest BCUT2D eigenvalue weighted by molar-refractivity contribution is 7.99. The maximum absolute atomic E-state index is 13.2. The first-order chi connectivity index (χ1) is 22.1. The van der Waals surface area contributed by atoms with Gasteiger partial charge < -0.3 is 35.8 Å². The minimum atomic E-state index is -1.23. The number of carbonyl (C=O) groups excluding carboxylic acids is 5. The number of thioether (sulfide) groups is 1. The zero-order valence-corrected chi connectivity index (χ0v) is 28.7. The second kappa shape index (κ2) is 19.7. The molecule has 0 spiro atoms. The van der Waals surface area contributed by atoms with Gasteiger partial charge in [-0.05, 0) is 44.4 Å². The summed E-state index contributed by atoms with van der Waals surface area (Å²) in [4.78, 5) is 76.7. The Balaban J connectivity index is 1.99. The number of nitrogens with one attached hydrogen (secondary N) is 4. The van der Waals surface area contributed by atoms with Crippen LogP contribution < -0.4 is 21.3 Å². The van der Waals surface area contributed by atoms with Gasteiger partial charge in [0, 0.05) is 31.6 Å². The molecule has 1 aliphatic heterocycles. The quantitative estimate of drug-likeness (QED) is 0.162. The molecule has 0 bridgehead atoms. The lowest BCUT2D eigenvalue weighted by atomic mass is 10.1. The van der Waals surface area contributed by atoms with Crippen molar-refractivity contribution in [2.45, 2.75) is 84.2 Å². The molecule has 1 unspecified atom stereocenters. The highest BCUT2D eigenvalue weighted by atomic mass is 32.2. The van der Waals surface area contributed by atoms with Crippen LogP contribution in [0.3, 0.4) is 0 Å². The molecule has 0 aromatic heterocycles. The molecular formula is C32H49N5O9S. The number of hydrogen-bond acceptors (Lipinski definition) is 9. The van der Waals surface area contributed by atoms with Crippen LogP contribution in [0, 0.1) is 5.92 Å². The van der Waals surface area contributed by atoms with Gasteiger partial charge in [0.1, 0.15) is 30.5 Å². The van der Waals surface area contributed by atoms with Crippen molar-refractivity contribution in [1.82, 2.24) is 26.2 Å². The number of carboxylic acids is 1. The first kappa shape index (κ1) is 39.3. The van der Waals surface area contributed by atoms with Gasteiger partial charge in [0.25, 0.3) is 0 Å². The Bertz CT molecular complexity index is 1210. The average Bonchev–Trinajstić information content (AvgIpc) is 3.00. The maximum Gasteiger partial charge on any atom is 0.412 e. The number of hydrogen-bond donors (Lipinski definition) is 5. The standard InChI is InChI=1S/C32H49N5O9S/c1-21(2)19-47-20-24(36-25(38)12-13-27-37(14-9-15-45-27)31(44)46-32(3,4)5)30(43)33-17-26(39)35-23(29(42)34-18-28(40)41)16-22-10-7-6-8-11-22/h6-8,10-11,21,23-24,27H,9,12-20H2,1-5H3,(H,33,43)(H,34,42)(H,35,39)(H,36,38)(H,40,41)/t23-,24-,27?/m0/s1. The summed E-state index contributed by atoms with van der Waals surface area (Å²) >= 11 is 1.48. The summed E-state index contributed by atoms with van der Waals surface area (Å²) in [6.45, 7) is 9.17.